The fraction of sp³-hybridized carbons (Fsp3) is 0.333. The van der Waals surface area contributed by atoms with Crippen LogP contribution in [0.2, 0.25) is 0 Å². The van der Waals surface area contributed by atoms with Crippen molar-refractivity contribution in [3.05, 3.63) is 35.7 Å². The van der Waals surface area contributed by atoms with Crippen LogP contribution >= 0.6 is 0 Å². The Hall–Kier alpha value is -1.73. The van der Waals surface area contributed by atoms with Crippen LogP contribution < -0.4 is 0 Å². The molecule has 1 heterocycles. The Kier molecular flexibility index (Phi) is 3.68. The van der Waals surface area contributed by atoms with E-state index < -0.39 is 10.0 Å². The highest BCUT2D eigenvalue weighted by atomic mass is 32.2. The van der Waals surface area contributed by atoms with Crippen molar-refractivity contribution in [1.29, 1.82) is 0 Å². The van der Waals surface area contributed by atoms with E-state index in [1.54, 1.807) is 0 Å². The van der Waals surface area contributed by atoms with Gasteiger partial charge >= 0.3 is 0 Å². The Morgan fingerprint density at radius 3 is 2.63 bits per heavy atom. The minimum Gasteiger partial charge on any atom is -0.338 e. The van der Waals surface area contributed by atoms with E-state index >= 15 is 0 Å². The van der Waals surface area contributed by atoms with E-state index in [4.69, 9.17) is 4.52 Å². The number of aromatic nitrogens is 2. The van der Waals surface area contributed by atoms with Gasteiger partial charge in [0.05, 0.1) is 12.8 Å². The molecule has 0 saturated heterocycles. The van der Waals surface area contributed by atoms with Gasteiger partial charge in [-0.05, 0) is 12.5 Å². The molecule has 0 radical (unpaired) electrons. The summed E-state index contributed by atoms with van der Waals surface area (Å²) in [6, 6.07) is 7.66. The van der Waals surface area contributed by atoms with Crippen LogP contribution in [0.3, 0.4) is 0 Å². The smallest absolute Gasteiger partial charge is 0.242 e. The summed E-state index contributed by atoms with van der Waals surface area (Å²) < 4.78 is 28.8. The number of sulfonamides is 1. The quantitative estimate of drug-likeness (QED) is 0.847. The van der Waals surface area contributed by atoms with Crippen LogP contribution in [0.15, 0.2) is 28.8 Å². The first-order valence-electron chi connectivity index (χ1n) is 5.68. The molecule has 0 amide bonds. The van der Waals surface area contributed by atoms with Crippen molar-refractivity contribution in [2.24, 2.45) is 0 Å². The zero-order valence-corrected chi connectivity index (χ0v) is 11.8. The SMILES string of the molecule is Cc1ccccc1-c1noc(CN(C)S(C)(=O)=O)n1. The molecule has 0 aliphatic rings. The van der Waals surface area contributed by atoms with Crippen LogP contribution in [0, 0.1) is 6.92 Å². The summed E-state index contributed by atoms with van der Waals surface area (Å²) in [4.78, 5) is 4.21. The van der Waals surface area contributed by atoms with E-state index in [1.807, 2.05) is 31.2 Å². The molecule has 7 heteroatoms. The highest BCUT2D eigenvalue weighted by Crippen LogP contribution is 2.20. The van der Waals surface area contributed by atoms with Crippen LogP contribution in [0.5, 0.6) is 0 Å². The molecule has 0 atom stereocenters. The summed E-state index contributed by atoms with van der Waals surface area (Å²) in [5, 5.41) is 3.87. The normalized spacial score (nSPS) is 12.0. The largest absolute Gasteiger partial charge is 0.338 e. The average Bonchev–Trinajstić information content (AvgIpc) is 2.76. The van der Waals surface area contributed by atoms with Crippen molar-refractivity contribution in [3.63, 3.8) is 0 Å². The molecule has 1 aromatic heterocycles. The van der Waals surface area contributed by atoms with Crippen LogP contribution in [-0.4, -0.2) is 36.2 Å². The fourth-order valence-electron chi connectivity index (χ4n) is 1.56. The Labute approximate surface area is 112 Å². The predicted octanol–water partition coefficient (Wildman–Crippen LogP) is 1.44. The molecule has 2 aromatic rings. The maximum absolute atomic E-state index is 11.3. The van der Waals surface area contributed by atoms with Crippen molar-refractivity contribution < 1.29 is 12.9 Å². The van der Waals surface area contributed by atoms with Crippen molar-refractivity contribution >= 4 is 10.0 Å². The van der Waals surface area contributed by atoms with Gasteiger partial charge in [-0.25, -0.2) is 8.42 Å². The van der Waals surface area contributed by atoms with E-state index in [-0.39, 0.29) is 12.4 Å². The van der Waals surface area contributed by atoms with Gasteiger partial charge in [0.15, 0.2) is 0 Å². The molecule has 0 aliphatic carbocycles. The third kappa shape index (κ3) is 3.18. The van der Waals surface area contributed by atoms with E-state index in [2.05, 4.69) is 10.1 Å². The van der Waals surface area contributed by atoms with Crippen molar-refractivity contribution in [1.82, 2.24) is 14.4 Å². The Morgan fingerprint density at radius 1 is 1.32 bits per heavy atom. The number of aryl methyl sites for hydroxylation is 1. The molecule has 102 valence electrons. The van der Waals surface area contributed by atoms with E-state index in [0.717, 1.165) is 21.7 Å². The number of hydrogen-bond donors (Lipinski definition) is 0. The van der Waals surface area contributed by atoms with Crippen LogP contribution in [0.4, 0.5) is 0 Å². The van der Waals surface area contributed by atoms with Gasteiger partial charge < -0.3 is 4.52 Å². The summed E-state index contributed by atoms with van der Waals surface area (Å²) in [5.74, 6) is 0.737. The fourth-order valence-corrected chi connectivity index (χ4v) is 1.90. The predicted molar refractivity (Wildman–Crippen MR) is 70.8 cm³/mol. The molecule has 19 heavy (non-hydrogen) atoms. The molecular formula is C12H15N3O3S. The molecule has 0 fully saturated rings. The summed E-state index contributed by atoms with van der Waals surface area (Å²) in [7, 11) is -1.79. The minimum absolute atomic E-state index is 0.0672. The zero-order chi connectivity index (χ0) is 14.0. The summed E-state index contributed by atoms with van der Waals surface area (Å²) in [6.07, 6.45) is 1.13. The van der Waals surface area contributed by atoms with Gasteiger partial charge in [-0.1, -0.05) is 29.4 Å². The lowest BCUT2D eigenvalue weighted by Gasteiger charge is -2.09. The Morgan fingerprint density at radius 2 is 2.00 bits per heavy atom. The van der Waals surface area contributed by atoms with Gasteiger partial charge in [0, 0.05) is 12.6 Å². The first kappa shape index (κ1) is 13.7. The van der Waals surface area contributed by atoms with Crippen LogP contribution in [0.1, 0.15) is 11.5 Å². The molecule has 1 aromatic carbocycles. The first-order chi connectivity index (χ1) is 8.88. The second-order valence-electron chi connectivity index (χ2n) is 4.35. The maximum atomic E-state index is 11.3. The standard InChI is InChI=1S/C12H15N3O3S/c1-9-6-4-5-7-10(9)12-13-11(18-14-12)8-15(2)19(3,16)17/h4-7H,8H2,1-3H3. The molecule has 0 aliphatic heterocycles. The van der Waals surface area contributed by atoms with E-state index in [9.17, 15) is 8.42 Å². The van der Waals surface area contributed by atoms with Gasteiger partial charge in [-0.3, -0.25) is 0 Å². The molecule has 2 rings (SSSR count). The Bertz CT molecular complexity index is 679. The Balaban J connectivity index is 2.23. The third-order valence-corrected chi connectivity index (χ3v) is 4.04. The highest BCUT2D eigenvalue weighted by molar-refractivity contribution is 7.88. The van der Waals surface area contributed by atoms with E-state index in [0.29, 0.717) is 5.82 Å². The first-order valence-corrected chi connectivity index (χ1v) is 7.52. The summed E-state index contributed by atoms with van der Waals surface area (Å²) in [6.45, 7) is 2.02. The molecule has 6 nitrogen and oxygen atoms in total. The third-order valence-electron chi connectivity index (χ3n) is 2.78. The molecule has 0 bridgehead atoms. The van der Waals surface area contributed by atoms with Crippen molar-refractivity contribution in [3.8, 4) is 11.4 Å². The molecule has 0 saturated carbocycles. The lowest BCUT2D eigenvalue weighted by molar-refractivity contribution is 0.337. The van der Waals surface area contributed by atoms with Gasteiger partial charge in [-0.15, -0.1) is 0 Å². The van der Waals surface area contributed by atoms with Gasteiger partial charge in [0.1, 0.15) is 0 Å². The van der Waals surface area contributed by atoms with Crippen molar-refractivity contribution in [2.75, 3.05) is 13.3 Å². The number of hydrogen-bond acceptors (Lipinski definition) is 5. The lowest BCUT2D eigenvalue weighted by Crippen LogP contribution is -2.25. The summed E-state index contributed by atoms with van der Waals surface area (Å²) >= 11 is 0. The molecule has 0 N–H and O–H groups in total. The molecule has 0 unspecified atom stereocenters. The van der Waals surface area contributed by atoms with Gasteiger partial charge in [0.25, 0.3) is 0 Å². The minimum atomic E-state index is -3.26. The summed E-state index contributed by atoms with van der Waals surface area (Å²) in [5.41, 5.74) is 1.91. The highest BCUT2D eigenvalue weighted by Gasteiger charge is 2.16. The second kappa shape index (κ2) is 5.10. The number of nitrogens with zero attached hydrogens (tertiary/aromatic N) is 3. The molecular weight excluding hydrogens is 266 g/mol. The lowest BCUT2D eigenvalue weighted by atomic mass is 10.1. The monoisotopic (exact) mass is 281 g/mol. The van der Waals surface area contributed by atoms with Gasteiger partial charge in [-0.2, -0.15) is 9.29 Å². The number of benzene rings is 1. The van der Waals surface area contributed by atoms with Gasteiger partial charge in [0.2, 0.25) is 21.7 Å². The van der Waals surface area contributed by atoms with Crippen molar-refractivity contribution in [2.45, 2.75) is 13.5 Å². The second-order valence-corrected chi connectivity index (χ2v) is 6.44. The van der Waals surface area contributed by atoms with E-state index in [1.165, 1.54) is 7.05 Å². The zero-order valence-electron chi connectivity index (χ0n) is 11.0. The maximum Gasteiger partial charge on any atom is 0.242 e. The molecule has 0 spiro atoms. The topological polar surface area (TPSA) is 76.3 Å². The number of rotatable bonds is 4. The van der Waals surface area contributed by atoms with Crippen LogP contribution in [-0.2, 0) is 16.6 Å². The van der Waals surface area contributed by atoms with Crippen LogP contribution in [0.25, 0.3) is 11.4 Å². The average molecular weight is 281 g/mol.